The number of halogens is 2. The Kier molecular flexibility index (Phi) is 5.10. The van der Waals surface area contributed by atoms with Gasteiger partial charge < -0.3 is 10.9 Å². The van der Waals surface area contributed by atoms with Gasteiger partial charge in [0.05, 0.1) is 5.02 Å². The summed E-state index contributed by atoms with van der Waals surface area (Å²) in [4.78, 5) is -0.361. The zero-order valence-electron chi connectivity index (χ0n) is 9.97. The zero-order chi connectivity index (χ0) is 14.6. The van der Waals surface area contributed by atoms with Crippen LogP contribution in [0.15, 0.2) is 28.3 Å². The summed E-state index contributed by atoms with van der Waals surface area (Å²) < 4.78 is 39.3. The summed E-state index contributed by atoms with van der Waals surface area (Å²) in [5, 5.41) is 11.0. The molecule has 0 aromatic heterocycles. The number of hydrogen-bond acceptors (Lipinski definition) is 4. The lowest BCUT2D eigenvalue weighted by Crippen LogP contribution is -2.36. The molecule has 0 spiro atoms. The molecule has 0 fully saturated rings. The van der Waals surface area contributed by atoms with Crippen LogP contribution >= 0.6 is 11.6 Å². The predicted molar refractivity (Wildman–Crippen MR) is 69.2 cm³/mol. The first-order chi connectivity index (χ1) is 8.76. The monoisotopic (exact) mass is 309 g/mol. The normalized spacial score (nSPS) is 14.4. The van der Waals surface area contributed by atoms with E-state index < -0.39 is 21.9 Å². The quantitative estimate of drug-likeness (QED) is 0.330. The van der Waals surface area contributed by atoms with E-state index >= 15 is 0 Å². The molecule has 0 amide bonds. The van der Waals surface area contributed by atoms with Crippen LogP contribution in [0.2, 0.25) is 5.02 Å². The summed E-state index contributed by atoms with van der Waals surface area (Å²) in [7, 11) is -3.98. The van der Waals surface area contributed by atoms with Crippen molar-refractivity contribution in [2.75, 3.05) is 0 Å². The topological polar surface area (TPSA) is 105 Å². The molecule has 19 heavy (non-hydrogen) atoms. The number of nitrogens with zero attached hydrogens (tertiary/aromatic N) is 1. The fourth-order valence-corrected chi connectivity index (χ4v) is 3.16. The molecule has 0 bridgehead atoms. The van der Waals surface area contributed by atoms with Crippen molar-refractivity contribution in [3.63, 3.8) is 0 Å². The average Bonchev–Trinajstić information content (AvgIpc) is 2.31. The Bertz CT molecular complexity index is 592. The molecule has 1 rings (SSSR count). The van der Waals surface area contributed by atoms with Gasteiger partial charge >= 0.3 is 0 Å². The van der Waals surface area contributed by atoms with E-state index in [4.69, 9.17) is 22.5 Å². The van der Waals surface area contributed by atoms with Gasteiger partial charge in [-0.25, -0.2) is 17.5 Å². The lowest BCUT2D eigenvalue weighted by Gasteiger charge is -2.14. The predicted octanol–water partition coefficient (Wildman–Crippen LogP) is 1.28. The van der Waals surface area contributed by atoms with Crippen LogP contribution in [0.1, 0.15) is 13.3 Å². The second kappa shape index (κ2) is 6.18. The van der Waals surface area contributed by atoms with E-state index in [1.807, 2.05) is 0 Å². The van der Waals surface area contributed by atoms with Crippen molar-refractivity contribution < 1.29 is 18.0 Å². The molecule has 0 aliphatic heterocycles. The number of rotatable bonds is 5. The highest BCUT2D eigenvalue weighted by Crippen LogP contribution is 2.22. The SMILES string of the molecule is CC(C/C(N)=N/O)NS(=O)(=O)c1cc(F)ccc1Cl. The van der Waals surface area contributed by atoms with Crippen molar-refractivity contribution in [3.05, 3.63) is 29.0 Å². The molecule has 0 saturated carbocycles. The lowest BCUT2D eigenvalue weighted by molar-refractivity contribution is 0.316. The van der Waals surface area contributed by atoms with Crippen molar-refractivity contribution >= 4 is 27.5 Å². The van der Waals surface area contributed by atoms with Crippen LogP contribution in [0.3, 0.4) is 0 Å². The highest BCUT2D eigenvalue weighted by molar-refractivity contribution is 7.89. The lowest BCUT2D eigenvalue weighted by atomic mass is 10.2. The molecule has 1 aromatic rings. The highest BCUT2D eigenvalue weighted by atomic mass is 35.5. The van der Waals surface area contributed by atoms with Gasteiger partial charge in [-0.1, -0.05) is 16.8 Å². The van der Waals surface area contributed by atoms with Crippen LogP contribution < -0.4 is 10.5 Å². The number of sulfonamides is 1. The van der Waals surface area contributed by atoms with Crippen LogP contribution in [-0.2, 0) is 10.0 Å². The van der Waals surface area contributed by atoms with Gasteiger partial charge in [-0.15, -0.1) is 0 Å². The second-order valence-corrected chi connectivity index (χ2v) is 5.98. The van der Waals surface area contributed by atoms with Gasteiger partial charge in [0.1, 0.15) is 16.5 Å². The minimum absolute atomic E-state index is 0.00264. The minimum Gasteiger partial charge on any atom is -0.409 e. The van der Waals surface area contributed by atoms with E-state index in [1.165, 1.54) is 6.92 Å². The Labute approximate surface area is 115 Å². The van der Waals surface area contributed by atoms with Gasteiger partial charge in [0.25, 0.3) is 0 Å². The molecule has 6 nitrogen and oxygen atoms in total. The first-order valence-corrected chi connectivity index (χ1v) is 7.06. The molecule has 0 aliphatic rings. The smallest absolute Gasteiger partial charge is 0.242 e. The molecule has 0 heterocycles. The molecule has 106 valence electrons. The maximum Gasteiger partial charge on any atom is 0.242 e. The minimum atomic E-state index is -3.98. The van der Waals surface area contributed by atoms with Crippen LogP contribution in [0.25, 0.3) is 0 Å². The molecular weight excluding hydrogens is 297 g/mol. The van der Waals surface area contributed by atoms with Gasteiger partial charge in [0.2, 0.25) is 10.0 Å². The summed E-state index contributed by atoms with van der Waals surface area (Å²) in [5.41, 5.74) is 5.26. The Morgan fingerprint density at radius 2 is 2.26 bits per heavy atom. The van der Waals surface area contributed by atoms with Crippen molar-refractivity contribution in [2.24, 2.45) is 10.9 Å². The standard InChI is InChI=1S/C10H13ClFN3O3S/c1-6(4-10(13)14-16)15-19(17,18)9-5-7(12)2-3-8(9)11/h2-3,5-6,15-16H,4H2,1H3,(H2,13,14). The van der Waals surface area contributed by atoms with Crippen LogP contribution in [0, 0.1) is 5.82 Å². The van der Waals surface area contributed by atoms with E-state index in [0.29, 0.717) is 0 Å². The molecule has 0 radical (unpaired) electrons. The number of nitrogens with one attached hydrogen (secondary N) is 1. The van der Waals surface area contributed by atoms with Crippen LogP contribution in [0.4, 0.5) is 4.39 Å². The van der Waals surface area contributed by atoms with Gasteiger partial charge in [0.15, 0.2) is 0 Å². The van der Waals surface area contributed by atoms with Gasteiger partial charge in [0, 0.05) is 12.5 Å². The number of benzene rings is 1. The number of oxime groups is 1. The zero-order valence-corrected chi connectivity index (χ0v) is 11.5. The summed E-state index contributed by atoms with van der Waals surface area (Å²) in [6.45, 7) is 1.52. The Morgan fingerprint density at radius 1 is 1.63 bits per heavy atom. The largest absolute Gasteiger partial charge is 0.409 e. The van der Waals surface area contributed by atoms with E-state index in [-0.39, 0.29) is 22.2 Å². The third-order valence-electron chi connectivity index (χ3n) is 2.18. The fourth-order valence-electron chi connectivity index (χ4n) is 1.41. The molecule has 1 unspecified atom stereocenters. The summed E-state index contributed by atoms with van der Waals surface area (Å²) in [5.74, 6) is -0.839. The molecule has 9 heteroatoms. The fraction of sp³-hybridized carbons (Fsp3) is 0.300. The third-order valence-corrected chi connectivity index (χ3v) is 4.25. The third kappa shape index (κ3) is 4.34. The van der Waals surface area contributed by atoms with E-state index in [2.05, 4.69) is 9.88 Å². The Hall–Kier alpha value is -1.38. The number of amidine groups is 1. The highest BCUT2D eigenvalue weighted by Gasteiger charge is 2.21. The molecular formula is C10H13ClFN3O3S. The van der Waals surface area contributed by atoms with Crippen molar-refractivity contribution in [3.8, 4) is 0 Å². The van der Waals surface area contributed by atoms with Crippen molar-refractivity contribution in [1.29, 1.82) is 0 Å². The maximum atomic E-state index is 13.1. The maximum absolute atomic E-state index is 13.1. The van der Waals surface area contributed by atoms with Crippen LogP contribution in [-0.4, -0.2) is 25.5 Å². The van der Waals surface area contributed by atoms with E-state index in [0.717, 1.165) is 18.2 Å². The number of nitrogens with two attached hydrogens (primary N) is 1. The van der Waals surface area contributed by atoms with Crippen molar-refractivity contribution in [2.45, 2.75) is 24.3 Å². The average molecular weight is 310 g/mol. The van der Waals surface area contributed by atoms with Crippen LogP contribution in [0.5, 0.6) is 0 Å². The Balaban J connectivity index is 2.95. The molecule has 0 saturated heterocycles. The summed E-state index contributed by atoms with van der Waals surface area (Å²) in [6, 6.07) is 2.39. The molecule has 0 aliphatic carbocycles. The summed E-state index contributed by atoms with van der Waals surface area (Å²) >= 11 is 5.72. The van der Waals surface area contributed by atoms with Crippen molar-refractivity contribution in [1.82, 2.24) is 4.72 Å². The second-order valence-electron chi connectivity index (χ2n) is 3.89. The molecule has 4 N–H and O–H groups in total. The number of hydrogen-bond donors (Lipinski definition) is 3. The summed E-state index contributed by atoms with van der Waals surface area (Å²) in [6.07, 6.45) is 0.00264. The first kappa shape index (κ1) is 15.7. The van der Waals surface area contributed by atoms with E-state index in [9.17, 15) is 12.8 Å². The van der Waals surface area contributed by atoms with Gasteiger partial charge in [-0.2, -0.15) is 0 Å². The first-order valence-electron chi connectivity index (χ1n) is 5.20. The molecule has 1 aromatic carbocycles. The Morgan fingerprint density at radius 3 is 2.84 bits per heavy atom. The molecule has 1 atom stereocenters. The van der Waals surface area contributed by atoms with Gasteiger partial charge in [-0.3, -0.25) is 0 Å². The van der Waals surface area contributed by atoms with Gasteiger partial charge in [-0.05, 0) is 25.1 Å². The van der Waals surface area contributed by atoms with E-state index in [1.54, 1.807) is 0 Å².